The summed E-state index contributed by atoms with van der Waals surface area (Å²) in [6.07, 6.45) is 0.523. The quantitative estimate of drug-likeness (QED) is 0.382. The molecule has 1 unspecified atom stereocenters. The third-order valence-corrected chi connectivity index (χ3v) is 3.57. The number of nitrogens with zero attached hydrogens (tertiary/aromatic N) is 2. The summed E-state index contributed by atoms with van der Waals surface area (Å²) in [7, 11) is 3.28. The van der Waals surface area contributed by atoms with Gasteiger partial charge in [-0.05, 0) is 20.4 Å². The number of rotatable bonds is 7. The smallest absolute Gasteiger partial charge is 0.339 e. The fraction of sp³-hybridized carbons (Fsp3) is 0.636. The van der Waals surface area contributed by atoms with Crippen molar-refractivity contribution in [2.75, 3.05) is 19.4 Å². The van der Waals surface area contributed by atoms with Crippen LogP contribution in [0.3, 0.4) is 0 Å². The molecule has 1 heterocycles. The lowest BCUT2D eigenvalue weighted by Crippen LogP contribution is -2.36. The molecule has 0 fully saturated rings. The highest BCUT2D eigenvalue weighted by atomic mass is 32.2. The van der Waals surface area contributed by atoms with Crippen LogP contribution in [0.25, 0.3) is 0 Å². The van der Waals surface area contributed by atoms with Gasteiger partial charge in [-0.1, -0.05) is 11.8 Å². The number of thioether (sulfide) groups is 1. The van der Waals surface area contributed by atoms with Gasteiger partial charge >= 0.3 is 17.1 Å². The molecular weight excluding hydrogens is 284 g/mol. The third-order valence-electron chi connectivity index (χ3n) is 2.50. The van der Waals surface area contributed by atoms with Crippen LogP contribution < -0.4 is 16.4 Å². The summed E-state index contributed by atoms with van der Waals surface area (Å²) in [4.78, 5) is 37.5. The lowest BCUT2D eigenvalue weighted by molar-refractivity contribution is -0.145. The van der Waals surface area contributed by atoms with Crippen molar-refractivity contribution in [2.24, 2.45) is 7.05 Å². The highest BCUT2D eigenvalue weighted by Gasteiger charge is 2.17. The lowest BCUT2D eigenvalue weighted by atomic mass is 10.2. The van der Waals surface area contributed by atoms with Crippen LogP contribution in [0.4, 0.5) is 0 Å². The monoisotopic (exact) mass is 302 g/mol. The maximum Gasteiger partial charge on any atom is 0.339 e. The molecule has 0 amide bonds. The number of likely N-dealkylation sites (N-methyl/N-ethyl adjacent to an activating group) is 1. The average molecular weight is 302 g/mol. The Bertz CT molecular complexity index is 568. The molecule has 0 aliphatic rings. The van der Waals surface area contributed by atoms with Gasteiger partial charge in [0.1, 0.15) is 6.04 Å². The standard InChI is InChI=1S/C11H18N4O4S/c1-4-19-10(18)7(12-2)5-6-20-11-13-8(16)9(17)14-15(11)3/h7,12H,4-6H2,1-3H3,(H,14,17). The summed E-state index contributed by atoms with van der Waals surface area (Å²) in [6.45, 7) is 2.08. The van der Waals surface area contributed by atoms with Gasteiger partial charge in [0.05, 0.1) is 6.61 Å². The van der Waals surface area contributed by atoms with Gasteiger partial charge in [-0.15, -0.1) is 0 Å². The van der Waals surface area contributed by atoms with Crippen molar-refractivity contribution in [2.45, 2.75) is 24.5 Å². The highest BCUT2D eigenvalue weighted by molar-refractivity contribution is 7.99. The molecule has 0 saturated carbocycles. The maximum absolute atomic E-state index is 11.6. The predicted octanol–water partition coefficient (Wildman–Crippen LogP) is -0.898. The van der Waals surface area contributed by atoms with Crippen LogP contribution in [0.15, 0.2) is 14.7 Å². The Kier molecular flexibility index (Phi) is 6.46. The van der Waals surface area contributed by atoms with Gasteiger partial charge in [0, 0.05) is 12.8 Å². The van der Waals surface area contributed by atoms with E-state index in [0.717, 1.165) is 0 Å². The number of nitrogens with one attached hydrogen (secondary N) is 2. The van der Waals surface area contributed by atoms with Crippen LogP contribution in [-0.2, 0) is 16.6 Å². The van der Waals surface area contributed by atoms with Gasteiger partial charge in [-0.25, -0.2) is 0 Å². The van der Waals surface area contributed by atoms with Gasteiger partial charge in [0.15, 0.2) is 5.16 Å². The van der Waals surface area contributed by atoms with Crippen molar-refractivity contribution in [3.63, 3.8) is 0 Å². The van der Waals surface area contributed by atoms with Crippen LogP contribution in [0.1, 0.15) is 13.3 Å². The Morgan fingerprint density at radius 2 is 2.25 bits per heavy atom. The molecule has 0 aromatic carbocycles. The molecule has 2 N–H and O–H groups in total. The molecule has 0 bridgehead atoms. The number of carbonyl (C=O) groups excluding carboxylic acids is 1. The minimum Gasteiger partial charge on any atom is -0.465 e. The molecule has 1 aromatic heterocycles. The van der Waals surface area contributed by atoms with Gasteiger partial charge in [-0.2, -0.15) is 4.98 Å². The minimum atomic E-state index is -0.818. The molecular formula is C11H18N4O4S. The Morgan fingerprint density at radius 1 is 1.55 bits per heavy atom. The summed E-state index contributed by atoms with van der Waals surface area (Å²) in [5.74, 6) is 0.246. The van der Waals surface area contributed by atoms with Gasteiger partial charge < -0.3 is 10.1 Å². The van der Waals surface area contributed by atoms with E-state index in [-0.39, 0.29) is 5.97 Å². The SMILES string of the molecule is CCOC(=O)C(CCSc1nc(=O)c(=O)[nH]n1C)NC. The van der Waals surface area contributed by atoms with Crippen molar-refractivity contribution >= 4 is 17.7 Å². The largest absolute Gasteiger partial charge is 0.465 e. The Hall–Kier alpha value is -1.61. The Labute approximate surface area is 119 Å². The first-order valence-electron chi connectivity index (χ1n) is 6.13. The van der Waals surface area contributed by atoms with Crippen LogP contribution in [0.2, 0.25) is 0 Å². The number of carbonyl (C=O) groups is 1. The van der Waals surface area contributed by atoms with E-state index in [1.165, 1.54) is 16.4 Å². The number of H-pyrrole nitrogens is 1. The van der Waals surface area contributed by atoms with E-state index in [1.54, 1.807) is 21.0 Å². The van der Waals surface area contributed by atoms with E-state index in [1.807, 2.05) is 0 Å². The second-order valence-electron chi connectivity index (χ2n) is 3.93. The normalized spacial score (nSPS) is 12.2. The van der Waals surface area contributed by atoms with Crippen molar-refractivity contribution in [3.05, 3.63) is 20.7 Å². The zero-order valence-corrected chi connectivity index (χ0v) is 12.5. The first-order chi connectivity index (χ1) is 9.49. The van der Waals surface area contributed by atoms with Crippen LogP contribution >= 0.6 is 11.8 Å². The van der Waals surface area contributed by atoms with Gasteiger partial charge in [-0.3, -0.25) is 24.2 Å². The van der Waals surface area contributed by atoms with Crippen molar-refractivity contribution in [1.82, 2.24) is 20.1 Å². The predicted molar refractivity (Wildman–Crippen MR) is 74.9 cm³/mol. The fourth-order valence-electron chi connectivity index (χ4n) is 1.48. The van der Waals surface area contributed by atoms with E-state index in [2.05, 4.69) is 15.4 Å². The lowest BCUT2D eigenvalue weighted by Gasteiger charge is -2.14. The molecule has 8 nitrogen and oxygen atoms in total. The summed E-state index contributed by atoms with van der Waals surface area (Å²) in [6, 6.07) is -0.401. The van der Waals surface area contributed by atoms with E-state index in [9.17, 15) is 14.4 Å². The van der Waals surface area contributed by atoms with E-state index in [0.29, 0.717) is 23.9 Å². The molecule has 0 aliphatic carbocycles. The molecule has 0 saturated heterocycles. The molecule has 0 spiro atoms. The molecule has 1 rings (SSSR count). The fourth-order valence-corrected chi connectivity index (χ4v) is 2.40. The molecule has 112 valence electrons. The number of aromatic nitrogens is 3. The molecule has 1 aromatic rings. The van der Waals surface area contributed by atoms with Gasteiger partial charge in [0.2, 0.25) is 0 Å². The molecule has 1 atom stereocenters. The number of aromatic amines is 1. The number of hydrogen-bond acceptors (Lipinski definition) is 7. The third kappa shape index (κ3) is 4.49. The molecule has 0 aliphatic heterocycles. The van der Waals surface area contributed by atoms with Crippen LogP contribution in [0.5, 0.6) is 0 Å². The topological polar surface area (TPSA) is 106 Å². The average Bonchev–Trinajstić information content (AvgIpc) is 2.40. The Morgan fingerprint density at radius 3 is 2.85 bits per heavy atom. The first-order valence-corrected chi connectivity index (χ1v) is 7.12. The number of ether oxygens (including phenoxy) is 1. The van der Waals surface area contributed by atoms with Crippen LogP contribution in [0, 0.1) is 0 Å². The summed E-state index contributed by atoms with van der Waals surface area (Å²) in [5.41, 5.74) is -1.57. The van der Waals surface area contributed by atoms with E-state index in [4.69, 9.17) is 4.74 Å². The summed E-state index contributed by atoms with van der Waals surface area (Å²) < 4.78 is 6.31. The second kappa shape index (κ2) is 7.85. The number of hydrogen-bond donors (Lipinski definition) is 2. The van der Waals surface area contributed by atoms with Crippen molar-refractivity contribution in [3.8, 4) is 0 Å². The van der Waals surface area contributed by atoms with E-state index >= 15 is 0 Å². The summed E-state index contributed by atoms with van der Waals surface area (Å²) in [5, 5.41) is 5.63. The number of esters is 1. The zero-order valence-electron chi connectivity index (χ0n) is 11.6. The maximum atomic E-state index is 11.6. The molecule has 0 radical (unpaired) electrons. The van der Waals surface area contributed by atoms with Gasteiger partial charge in [0.25, 0.3) is 0 Å². The Balaban J connectivity index is 2.59. The van der Waals surface area contributed by atoms with Crippen molar-refractivity contribution < 1.29 is 9.53 Å². The minimum absolute atomic E-state index is 0.307. The van der Waals surface area contributed by atoms with Crippen LogP contribution in [-0.4, -0.2) is 46.2 Å². The number of aryl methyl sites for hydroxylation is 1. The van der Waals surface area contributed by atoms with E-state index < -0.39 is 17.2 Å². The summed E-state index contributed by atoms with van der Waals surface area (Å²) >= 11 is 1.28. The molecule has 20 heavy (non-hydrogen) atoms. The second-order valence-corrected chi connectivity index (χ2v) is 4.99. The zero-order chi connectivity index (χ0) is 15.1. The van der Waals surface area contributed by atoms with Crippen molar-refractivity contribution in [1.29, 1.82) is 0 Å². The highest BCUT2D eigenvalue weighted by Crippen LogP contribution is 2.14. The molecule has 9 heteroatoms. The first kappa shape index (κ1) is 16.4.